The van der Waals surface area contributed by atoms with Crippen LogP contribution in [0.2, 0.25) is 0 Å². The van der Waals surface area contributed by atoms with Gasteiger partial charge < -0.3 is 25.0 Å². The maximum absolute atomic E-state index is 5.74. The third-order valence-corrected chi connectivity index (χ3v) is 4.83. The van der Waals surface area contributed by atoms with E-state index in [1.807, 2.05) is 18.2 Å². The molecule has 0 bridgehead atoms. The zero-order chi connectivity index (χ0) is 17.5. The van der Waals surface area contributed by atoms with Gasteiger partial charge in [0.15, 0.2) is 17.5 Å². The van der Waals surface area contributed by atoms with Gasteiger partial charge >= 0.3 is 0 Å². The fourth-order valence-electron chi connectivity index (χ4n) is 3.17. The molecule has 2 heterocycles. The van der Waals surface area contributed by atoms with Crippen LogP contribution < -0.4 is 20.1 Å². The summed E-state index contributed by atoms with van der Waals surface area (Å²) in [5, 5.41) is 6.72. The Labute approximate surface area is 173 Å². The number of anilines is 1. The molecule has 0 aliphatic carbocycles. The molecule has 0 spiro atoms. The van der Waals surface area contributed by atoms with Crippen LogP contribution in [0.5, 0.6) is 11.5 Å². The molecular weight excluding hydrogens is 443 g/mol. The molecule has 1 aromatic rings. The predicted octanol–water partition coefficient (Wildman–Crippen LogP) is 3.19. The molecule has 0 unspecified atom stereocenters. The van der Waals surface area contributed by atoms with E-state index in [4.69, 9.17) is 9.47 Å². The second-order valence-electron chi connectivity index (χ2n) is 6.86. The van der Waals surface area contributed by atoms with Crippen LogP contribution in [0.3, 0.4) is 0 Å². The topological polar surface area (TPSA) is 58.1 Å². The summed E-state index contributed by atoms with van der Waals surface area (Å²) < 4.78 is 11.4. The van der Waals surface area contributed by atoms with E-state index in [1.165, 1.54) is 25.9 Å². The SMILES string of the molecule is CN=C(NCCN1CCC(C)CC1)Nc1ccc2c(c1)OCCCO2.I. The van der Waals surface area contributed by atoms with Gasteiger partial charge in [0.2, 0.25) is 0 Å². The van der Waals surface area contributed by atoms with Crippen molar-refractivity contribution in [2.24, 2.45) is 10.9 Å². The van der Waals surface area contributed by atoms with Gasteiger partial charge in [0.25, 0.3) is 0 Å². The molecule has 0 saturated carbocycles. The second-order valence-corrected chi connectivity index (χ2v) is 6.86. The first kappa shape index (κ1) is 21.1. The van der Waals surface area contributed by atoms with Crippen LogP contribution in [-0.4, -0.2) is 57.3 Å². The lowest BCUT2D eigenvalue weighted by atomic mass is 9.99. The van der Waals surface area contributed by atoms with Crippen molar-refractivity contribution < 1.29 is 9.47 Å². The maximum Gasteiger partial charge on any atom is 0.195 e. The Bertz CT molecular complexity index is 589. The zero-order valence-electron chi connectivity index (χ0n) is 15.8. The Balaban J connectivity index is 0.00000243. The van der Waals surface area contributed by atoms with E-state index in [9.17, 15) is 0 Å². The van der Waals surface area contributed by atoms with E-state index in [2.05, 4.69) is 27.4 Å². The van der Waals surface area contributed by atoms with Crippen LogP contribution in [0.25, 0.3) is 0 Å². The Kier molecular flexibility index (Phi) is 8.77. The summed E-state index contributed by atoms with van der Waals surface area (Å²) in [4.78, 5) is 6.83. The maximum atomic E-state index is 5.74. The van der Waals surface area contributed by atoms with Crippen molar-refractivity contribution in [3.63, 3.8) is 0 Å². The lowest BCUT2D eigenvalue weighted by Crippen LogP contribution is -2.40. The summed E-state index contributed by atoms with van der Waals surface area (Å²) >= 11 is 0. The highest BCUT2D eigenvalue weighted by Gasteiger charge is 2.15. The molecule has 2 aliphatic rings. The number of hydrogen-bond donors (Lipinski definition) is 2. The molecule has 26 heavy (non-hydrogen) atoms. The summed E-state index contributed by atoms with van der Waals surface area (Å²) in [6, 6.07) is 5.91. The Hall–Kier alpha value is -1.22. The number of fused-ring (bicyclic) bond motifs is 1. The Morgan fingerprint density at radius 1 is 1.19 bits per heavy atom. The van der Waals surface area contributed by atoms with Gasteiger partial charge in [-0.15, -0.1) is 24.0 Å². The number of likely N-dealkylation sites (tertiary alicyclic amines) is 1. The highest BCUT2D eigenvalue weighted by Crippen LogP contribution is 2.32. The normalized spacial score (nSPS) is 18.6. The van der Waals surface area contributed by atoms with E-state index in [-0.39, 0.29) is 24.0 Å². The zero-order valence-corrected chi connectivity index (χ0v) is 18.1. The Morgan fingerprint density at radius 3 is 2.65 bits per heavy atom. The molecule has 7 heteroatoms. The van der Waals surface area contributed by atoms with Crippen molar-refractivity contribution in [1.82, 2.24) is 10.2 Å². The molecule has 3 rings (SSSR count). The number of guanidine groups is 1. The van der Waals surface area contributed by atoms with Gasteiger partial charge in [0.05, 0.1) is 13.2 Å². The number of hydrogen-bond acceptors (Lipinski definition) is 4. The van der Waals surface area contributed by atoms with Crippen LogP contribution in [0.1, 0.15) is 26.2 Å². The lowest BCUT2D eigenvalue weighted by molar-refractivity contribution is 0.195. The molecule has 1 aromatic carbocycles. The molecule has 6 nitrogen and oxygen atoms in total. The summed E-state index contributed by atoms with van der Waals surface area (Å²) in [6.07, 6.45) is 3.53. The minimum absolute atomic E-state index is 0. The number of piperidine rings is 1. The fourth-order valence-corrected chi connectivity index (χ4v) is 3.17. The third kappa shape index (κ3) is 6.19. The smallest absolute Gasteiger partial charge is 0.195 e. The number of rotatable bonds is 4. The van der Waals surface area contributed by atoms with Crippen molar-refractivity contribution in [3.05, 3.63) is 18.2 Å². The van der Waals surface area contributed by atoms with Crippen molar-refractivity contribution >= 4 is 35.6 Å². The van der Waals surface area contributed by atoms with Crippen LogP contribution >= 0.6 is 24.0 Å². The summed E-state index contributed by atoms with van der Waals surface area (Å²) in [5.41, 5.74) is 0.948. The average Bonchev–Trinajstić information content (AvgIpc) is 2.87. The first-order valence-electron chi connectivity index (χ1n) is 9.34. The monoisotopic (exact) mass is 474 g/mol. The molecule has 2 aliphatic heterocycles. The van der Waals surface area contributed by atoms with Crippen molar-refractivity contribution in [1.29, 1.82) is 0 Å². The first-order chi connectivity index (χ1) is 12.2. The molecule has 146 valence electrons. The minimum Gasteiger partial charge on any atom is -0.490 e. The summed E-state index contributed by atoms with van der Waals surface area (Å²) in [6.45, 7) is 8.09. The van der Waals surface area contributed by atoms with Crippen LogP contribution in [0.4, 0.5) is 5.69 Å². The highest BCUT2D eigenvalue weighted by atomic mass is 127. The lowest BCUT2D eigenvalue weighted by Gasteiger charge is -2.30. The summed E-state index contributed by atoms with van der Waals surface area (Å²) in [7, 11) is 1.79. The van der Waals surface area contributed by atoms with Gasteiger partial charge in [-0.3, -0.25) is 4.99 Å². The molecule has 0 amide bonds. The van der Waals surface area contributed by atoms with Gasteiger partial charge in [-0.05, 0) is 44.0 Å². The first-order valence-corrected chi connectivity index (χ1v) is 9.34. The molecule has 1 fully saturated rings. The number of nitrogens with zero attached hydrogens (tertiary/aromatic N) is 2. The van der Waals surface area contributed by atoms with E-state index < -0.39 is 0 Å². The summed E-state index contributed by atoms with van der Waals surface area (Å²) in [5.74, 6) is 3.25. The van der Waals surface area contributed by atoms with Gasteiger partial charge in [0.1, 0.15) is 0 Å². The molecule has 0 radical (unpaired) electrons. The molecule has 1 saturated heterocycles. The average molecular weight is 474 g/mol. The van der Waals surface area contributed by atoms with E-state index in [0.717, 1.165) is 48.6 Å². The molecular formula is C19H31IN4O2. The van der Waals surface area contributed by atoms with Crippen molar-refractivity contribution in [2.75, 3.05) is 51.8 Å². The molecule has 0 aromatic heterocycles. The van der Waals surface area contributed by atoms with Crippen LogP contribution in [-0.2, 0) is 0 Å². The van der Waals surface area contributed by atoms with E-state index in [0.29, 0.717) is 13.2 Å². The predicted molar refractivity (Wildman–Crippen MR) is 117 cm³/mol. The number of halogens is 1. The van der Waals surface area contributed by atoms with E-state index >= 15 is 0 Å². The van der Waals surface area contributed by atoms with Gasteiger partial charge in [-0.2, -0.15) is 0 Å². The second kappa shape index (κ2) is 10.8. The third-order valence-electron chi connectivity index (χ3n) is 4.83. The van der Waals surface area contributed by atoms with Crippen molar-refractivity contribution in [3.8, 4) is 11.5 Å². The number of nitrogens with one attached hydrogen (secondary N) is 2. The van der Waals surface area contributed by atoms with Crippen LogP contribution in [0, 0.1) is 5.92 Å². The van der Waals surface area contributed by atoms with Gasteiger partial charge in [0, 0.05) is 38.3 Å². The number of aliphatic imine (C=N–C) groups is 1. The van der Waals surface area contributed by atoms with Gasteiger partial charge in [-0.25, -0.2) is 0 Å². The quantitative estimate of drug-likeness (QED) is 0.399. The fraction of sp³-hybridized carbons (Fsp3) is 0.632. The number of ether oxygens (including phenoxy) is 2. The van der Waals surface area contributed by atoms with Crippen LogP contribution in [0.15, 0.2) is 23.2 Å². The minimum atomic E-state index is 0. The largest absolute Gasteiger partial charge is 0.490 e. The molecule has 0 atom stereocenters. The standard InChI is InChI=1S/C19H30N4O2.HI/c1-15-6-9-23(10-7-15)11-8-21-19(20-2)22-16-4-5-17-18(14-16)25-13-3-12-24-17;/h4-5,14-15H,3,6-13H2,1-2H3,(H2,20,21,22);1H. The van der Waals surface area contributed by atoms with E-state index in [1.54, 1.807) is 7.05 Å². The van der Waals surface area contributed by atoms with Crippen molar-refractivity contribution in [2.45, 2.75) is 26.2 Å². The highest BCUT2D eigenvalue weighted by molar-refractivity contribution is 14.0. The number of benzene rings is 1. The molecule has 2 N–H and O–H groups in total. The van der Waals surface area contributed by atoms with Gasteiger partial charge in [-0.1, -0.05) is 6.92 Å². The Morgan fingerprint density at radius 2 is 1.92 bits per heavy atom.